The summed E-state index contributed by atoms with van der Waals surface area (Å²) in [7, 11) is -3.39. The van der Waals surface area contributed by atoms with Crippen LogP contribution in [0.15, 0.2) is 40.2 Å². The van der Waals surface area contributed by atoms with Gasteiger partial charge in [-0.25, -0.2) is 8.42 Å². The molecule has 8 heteroatoms. The lowest BCUT2D eigenvalue weighted by molar-refractivity contribution is 0.0283. The third-order valence-electron chi connectivity index (χ3n) is 5.73. The molecule has 1 aromatic carbocycles. The molecular formula is C21H34N4O3S. The quantitative estimate of drug-likeness (QED) is 0.520. The average molecular weight is 423 g/mol. The molecule has 0 bridgehead atoms. The fourth-order valence-corrected chi connectivity index (χ4v) is 5.38. The van der Waals surface area contributed by atoms with Crippen LogP contribution in [0.4, 0.5) is 0 Å². The second-order valence-electron chi connectivity index (χ2n) is 8.14. The third-order valence-corrected chi connectivity index (χ3v) is 7.64. The summed E-state index contributed by atoms with van der Waals surface area (Å²) in [5.41, 5.74) is -0.153. The Kier molecular flexibility index (Phi) is 7.54. The van der Waals surface area contributed by atoms with Crippen LogP contribution < -0.4 is 10.6 Å². The van der Waals surface area contributed by atoms with Crippen molar-refractivity contribution in [2.24, 2.45) is 10.9 Å². The van der Waals surface area contributed by atoms with Crippen LogP contribution in [0.3, 0.4) is 0 Å². The highest BCUT2D eigenvalue weighted by Gasteiger charge is 2.30. The zero-order valence-corrected chi connectivity index (χ0v) is 18.4. The van der Waals surface area contributed by atoms with E-state index in [-0.39, 0.29) is 5.60 Å². The predicted molar refractivity (Wildman–Crippen MR) is 115 cm³/mol. The molecule has 0 spiro atoms. The SMILES string of the molecule is CCNC(=NCC1(C)CCCO1)NCC1CCN(S(=O)(=O)c2ccccc2)CC1. The molecular weight excluding hydrogens is 388 g/mol. The number of hydrogen-bond donors (Lipinski definition) is 2. The molecule has 2 N–H and O–H groups in total. The van der Waals surface area contributed by atoms with Gasteiger partial charge in [0.05, 0.1) is 17.0 Å². The number of benzene rings is 1. The summed E-state index contributed by atoms with van der Waals surface area (Å²) in [6.45, 7) is 8.36. The van der Waals surface area contributed by atoms with Crippen molar-refractivity contribution in [3.8, 4) is 0 Å². The van der Waals surface area contributed by atoms with E-state index in [9.17, 15) is 8.42 Å². The van der Waals surface area contributed by atoms with Gasteiger partial charge in [-0.15, -0.1) is 0 Å². The Morgan fingerprint density at radius 1 is 1.24 bits per heavy atom. The van der Waals surface area contributed by atoms with E-state index in [2.05, 4.69) is 24.5 Å². The number of guanidine groups is 1. The number of ether oxygens (including phenoxy) is 1. The van der Waals surface area contributed by atoms with E-state index >= 15 is 0 Å². The number of sulfonamides is 1. The van der Waals surface area contributed by atoms with Crippen molar-refractivity contribution >= 4 is 16.0 Å². The molecule has 7 nitrogen and oxygen atoms in total. The Morgan fingerprint density at radius 3 is 2.59 bits per heavy atom. The van der Waals surface area contributed by atoms with E-state index in [0.717, 1.165) is 51.3 Å². The normalized spacial score (nSPS) is 24.6. The number of aliphatic imine (C=N–C) groups is 1. The number of rotatable bonds is 7. The highest BCUT2D eigenvalue weighted by atomic mass is 32.2. The Hall–Kier alpha value is -1.64. The van der Waals surface area contributed by atoms with Gasteiger partial charge in [0.2, 0.25) is 10.0 Å². The van der Waals surface area contributed by atoms with Gasteiger partial charge >= 0.3 is 0 Å². The third kappa shape index (κ3) is 5.93. The molecule has 0 amide bonds. The van der Waals surface area contributed by atoms with Crippen LogP contribution in [-0.4, -0.2) is 63.6 Å². The molecule has 0 aromatic heterocycles. The van der Waals surface area contributed by atoms with Crippen molar-refractivity contribution < 1.29 is 13.2 Å². The van der Waals surface area contributed by atoms with Crippen molar-refractivity contribution in [1.82, 2.24) is 14.9 Å². The molecule has 1 atom stereocenters. The van der Waals surface area contributed by atoms with Gasteiger partial charge in [-0.3, -0.25) is 4.99 Å². The second-order valence-corrected chi connectivity index (χ2v) is 10.1. The zero-order chi connectivity index (χ0) is 20.7. The minimum atomic E-state index is -3.39. The summed E-state index contributed by atoms with van der Waals surface area (Å²) in [4.78, 5) is 5.08. The van der Waals surface area contributed by atoms with Gasteiger partial charge in [0.25, 0.3) is 0 Å². The van der Waals surface area contributed by atoms with Crippen LogP contribution in [0, 0.1) is 5.92 Å². The Bertz CT molecular complexity index is 768. The second kappa shape index (κ2) is 9.91. The van der Waals surface area contributed by atoms with E-state index in [0.29, 0.717) is 30.4 Å². The van der Waals surface area contributed by atoms with E-state index in [1.165, 1.54) is 0 Å². The molecule has 2 saturated heterocycles. The molecule has 1 unspecified atom stereocenters. The predicted octanol–water partition coefficient (Wildman–Crippen LogP) is 2.21. The van der Waals surface area contributed by atoms with E-state index in [1.54, 1.807) is 28.6 Å². The number of piperidine rings is 1. The van der Waals surface area contributed by atoms with E-state index in [1.807, 2.05) is 6.07 Å². The van der Waals surface area contributed by atoms with Crippen LogP contribution in [0.25, 0.3) is 0 Å². The van der Waals surface area contributed by atoms with Crippen LogP contribution >= 0.6 is 0 Å². The summed E-state index contributed by atoms with van der Waals surface area (Å²) in [6.07, 6.45) is 3.84. The van der Waals surface area contributed by atoms with Gasteiger partial charge in [-0.1, -0.05) is 18.2 Å². The minimum absolute atomic E-state index is 0.153. The molecule has 3 rings (SSSR count). The number of hydrogen-bond acceptors (Lipinski definition) is 4. The van der Waals surface area contributed by atoms with Crippen LogP contribution in [0.1, 0.15) is 39.5 Å². The van der Waals surface area contributed by atoms with Crippen molar-refractivity contribution in [1.29, 1.82) is 0 Å². The first-order chi connectivity index (χ1) is 13.9. The molecule has 2 fully saturated rings. The number of nitrogens with one attached hydrogen (secondary N) is 2. The first kappa shape index (κ1) is 22.1. The van der Waals surface area contributed by atoms with Crippen LogP contribution in [0.5, 0.6) is 0 Å². The lowest BCUT2D eigenvalue weighted by atomic mass is 9.98. The van der Waals surface area contributed by atoms with Crippen molar-refractivity contribution in [2.75, 3.05) is 39.3 Å². The smallest absolute Gasteiger partial charge is 0.243 e. The summed E-state index contributed by atoms with van der Waals surface area (Å²) >= 11 is 0. The maximum absolute atomic E-state index is 12.8. The number of nitrogens with zero attached hydrogens (tertiary/aromatic N) is 2. The molecule has 2 aliphatic rings. The van der Waals surface area contributed by atoms with Gasteiger partial charge in [0.1, 0.15) is 0 Å². The first-order valence-electron chi connectivity index (χ1n) is 10.6. The molecule has 2 aliphatic heterocycles. The molecule has 162 valence electrons. The Labute approximate surface area is 175 Å². The fraction of sp³-hybridized carbons (Fsp3) is 0.667. The monoisotopic (exact) mass is 422 g/mol. The maximum atomic E-state index is 12.8. The fourth-order valence-electron chi connectivity index (χ4n) is 3.89. The molecule has 0 saturated carbocycles. The summed E-state index contributed by atoms with van der Waals surface area (Å²) in [5.74, 6) is 1.24. The van der Waals surface area contributed by atoms with Crippen molar-refractivity contribution in [3.63, 3.8) is 0 Å². The van der Waals surface area contributed by atoms with Gasteiger partial charge < -0.3 is 15.4 Å². The lowest BCUT2D eigenvalue weighted by Gasteiger charge is -2.31. The molecule has 29 heavy (non-hydrogen) atoms. The Morgan fingerprint density at radius 2 is 1.97 bits per heavy atom. The largest absolute Gasteiger partial charge is 0.373 e. The lowest BCUT2D eigenvalue weighted by Crippen LogP contribution is -2.44. The van der Waals surface area contributed by atoms with Gasteiger partial charge in [-0.05, 0) is 57.6 Å². The average Bonchev–Trinajstić information content (AvgIpc) is 3.18. The highest BCUT2D eigenvalue weighted by Crippen LogP contribution is 2.25. The van der Waals surface area contributed by atoms with Gasteiger partial charge in [0, 0.05) is 32.8 Å². The highest BCUT2D eigenvalue weighted by molar-refractivity contribution is 7.89. The van der Waals surface area contributed by atoms with E-state index in [4.69, 9.17) is 9.73 Å². The summed E-state index contributed by atoms with van der Waals surface area (Å²) in [6, 6.07) is 8.69. The topological polar surface area (TPSA) is 83.0 Å². The molecule has 0 aliphatic carbocycles. The standard InChI is InChI=1S/C21H34N4O3S/c1-3-22-20(24-17-21(2)12-7-15-28-21)23-16-18-10-13-25(14-11-18)29(26,27)19-8-5-4-6-9-19/h4-6,8-9,18H,3,7,10-17H2,1-2H3,(H2,22,23,24). The van der Waals surface area contributed by atoms with Gasteiger partial charge in [-0.2, -0.15) is 4.31 Å². The van der Waals surface area contributed by atoms with Crippen LogP contribution in [0.2, 0.25) is 0 Å². The van der Waals surface area contributed by atoms with Crippen molar-refractivity contribution in [2.45, 2.75) is 50.0 Å². The first-order valence-corrected chi connectivity index (χ1v) is 12.1. The molecule has 0 radical (unpaired) electrons. The Balaban J connectivity index is 1.49. The maximum Gasteiger partial charge on any atom is 0.243 e. The molecule has 1 aromatic rings. The van der Waals surface area contributed by atoms with Gasteiger partial charge in [0.15, 0.2) is 5.96 Å². The zero-order valence-electron chi connectivity index (χ0n) is 17.6. The summed E-state index contributed by atoms with van der Waals surface area (Å²) in [5, 5.41) is 6.73. The minimum Gasteiger partial charge on any atom is -0.373 e. The molecule has 2 heterocycles. The van der Waals surface area contributed by atoms with Crippen LogP contribution in [-0.2, 0) is 14.8 Å². The van der Waals surface area contributed by atoms with E-state index < -0.39 is 10.0 Å². The summed E-state index contributed by atoms with van der Waals surface area (Å²) < 4.78 is 32.9. The van der Waals surface area contributed by atoms with Crippen molar-refractivity contribution in [3.05, 3.63) is 30.3 Å².